The third-order valence-corrected chi connectivity index (χ3v) is 1.99. The summed E-state index contributed by atoms with van der Waals surface area (Å²) in [6, 6.07) is -2.24. The van der Waals surface area contributed by atoms with Crippen LogP contribution in [0, 0.1) is 0 Å². The Labute approximate surface area is 98.3 Å². The zero-order valence-corrected chi connectivity index (χ0v) is 9.51. The number of primary amides is 1. The monoisotopic (exact) mass is 247 g/mol. The summed E-state index contributed by atoms with van der Waals surface area (Å²) in [7, 11) is 1.46. The molecule has 0 fully saturated rings. The molecule has 0 saturated carbocycles. The fourth-order valence-corrected chi connectivity index (χ4v) is 1.06. The van der Waals surface area contributed by atoms with Crippen LogP contribution in [0.4, 0.5) is 0 Å². The Hall–Kier alpha value is -1.67. The summed E-state index contributed by atoms with van der Waals surface area (Å²) in [5, 5.41) is 10.9. The van der Waals surface area contributed by atoms with Crippen molar-refractivity contribution in [1.82, 2.24) is 5.32 Å². The normalized spacial score (nSPS) is 13.8. The molecule has 8 nitrogen and oxygen atoms in total. The van der Waals surface area contributed by atoms with Crippen molar-refractivity contribution < 1.29 is 24.2 Å². The summed E-state index contributed by atoms with van der Waals surface area (Å²) in [5.74, 6) is -2.81. The zero-order chi connectivity index (χ0) is 13.4. The van der Waals surface area contributed by atoms with Gasteiger partial charge in [-0.3, -0.25) is 9.59 Å². The molecule has 2 amide bonds. The molecular formula is C9H17N3O5. The van der Waals surface area contributed by atoms with E-state index in [1.807, 2.05) is 0 Å². The highest BCUT2D eigenvalue weighted by atomic mass is 16.5. The predicted octanol–water partition coefficient (Wildman–Crippen LogP) is -2.20. The second-order valence-electron chi connectivity index (χ2n) is 3.46. The van der Waals surface area contributed by atoms with Gasteiger partial charge in [-0.1, -0.05) is 0 Å². The summed E-state index contributed by atoms with van der Waals surface area (Å²) in [6.07, 6.45) is -0.219. The number of amides is 2. The first-order chi connectivity index (χ1) is 7.88. The summed E-state index contributed by atoms with van der Waals surface area (Å²) >= 11 is 0. The van der Waals surface area contributed by atoms with Gasteiger partial charge in [0.2, 0.25) is 11.8 Å². The van der Waals surface area contributed by atoms with E-state index >= 15 is 0 Å². The number of nitrogens with one attached hydrogen (secondary N) is 1. The lowest BCUT2D eigenvalue weighted by Gasteiger charge is -2.16. The van der Waals surface area contributed by atoms with Gasteiger partial charge >= 0.3 is 5.97 Å². The molecule has 8 heteroatoms. The molecule has 0 heterocycles. The first kappa shape index (κ1) is 15.3. The van der Waals surface area contributed by atoms with Gasteiger partial charge in [-0.2, -0.15) is 0 Å². The summed E-state index contributed by atoms with van der Waals surface area (Å²) < 4.78 is 4.73. The Bertz CT molecular complexity index is 294. The van der Waals surface area contributed by atoms with Crippen LogP contribution < -0.4 is 16.8 Å². The number of aliphatic carboxylic acids is 1. The van der Waals surface area contributed by atoms with E-state index in [1.165, 1.54) is 7.11 Å². The van der Waals surface area contributed by atoms with Crippen LogP contribution in [0.25, 0.3) is 0 Å². The molecule has 0 aromatic carbocycles. The average molecular weight is 247 g/mol. The molecular weight excluding hydrogens is 230 g/mol. The van der Waals surface area contributed by atoms with E-state index in [9.17, 15) is 14.4 Å². The average Bonchev–Trinajstić information content (AvgIpc) is 2.23. The van der Waals surface area contributed by atoms with Crippen LogP contribution in [-0.2, 0) is 19.1 Å². The van der Waals surface area contributed by atoms with Gasteiger partial charge in [0.25, 0.3) is 0 Å². The third kappa shape index (κ3) is 6.48. The van der Waals surface area contributed by atoms with Gasteiger partial charge in [0, 0.05) is 13.7 Å². The van der Waals surface area contributed by atoms with E-state index in [0.717, 1.165) is 0 Å². The van der Waals surface area contributed by atoms with Gasteiger partial charge < -0.3 is 26.6 Å². The maximum atomic E-state index is 11.4. The molecule has 0 aliphatic rings. The molecule has 0 rings (SSSR count). The smallest absolute Gasteiger partial charge is 0.326 e. The number of carbonyl (C=O) groups excluding carboxylic acids is 2. The number of carboxylic acid groups (broad SMARTS) is 1. The number of ether oxygens (including phenoxy) is 1. The minimum absolute atomic E-state index is 0.255. The Morgan fingerprint density at radius 1 is 1.41 bits per heavy atom. The quantitative estimate of drug-likeness (QED) is 0.383. The second-order valence-corrected chi connectivity index (χ2v) is 3.46. The van der Waals surface area contributed by atoms with E-state index < -0.39 is 36.3 Å². The minimum atomic E-state index is -1.35. The van der Waals surface area contributed by atoms with E-state index in [-0.39, 0.29) is 13.0 Å². The second kappa shape index (κ2) is 7.58. The SMILES string of the molecule is COCCC(N)C(=O)N[C@@H](CC(N)=O)C(=O)O. The van der Waals surface area contributed by atoms with Gasteiger partial charge in [-0.15, -0.1) is 0 Å². The van der Waals surface area contributed by atoms with Crippen LogP contribution in [0.3, 0.4) is 0 Å². The van der Waals surface area contributed by atoms with Crippen LogP contribution >= 0.6 is 0 Å². The Kier molecular flexibility index (Phi) is 6.83. The molecule has 0 aliphatic heterocycles. The van der Waals surface area contributed by atoms with E-state index in [1.54, 1.807) is 0 Å². The van der Waals surface area contributed by atoms with Crippen molar-refractivity contribution in [3.63, 3.8) is 0 Å². The molecule has 0 saturated heterocycles. The Balaban J connectivity index is 4.29. The Morgan fingerprint density at radius 3 is 2.41 bits per heavy atom. The van der Waals surface area contributed by atoms with Gasteiger partial charge in [0.1, 0.15) is 6.04 Å². The molecule has 0 aliphatic carbocycles. The van der Waals surface area contributed by atoms with Crippen LogP contribution in [0.15, 0.2) is 0 Å². The summed E-state index contributed by atoms with van der Waals surface area (Å²) in [5.41, 5.74) is 10.3. The molecule has 2 atom stereocenters. The lowest BCUT2D eigenvalue weighted by atomic mass is 10.1. The van der Waals surface area contributed by atoms with Crippen LogP contribution in [-0.4, -0.2) is 48.7 Å². The molecule has 0 aromatic rings. The highest BCUT2D eigenvalue weighted by molar-refractivity contribution is 5.89. The highest BCUT2D eigenvalue weighted by Crippen LogP contribution is 1.95. The number of hydrogen-bond acceptors (Lipinski definition) is 5. The van der Waals surface area contributed by atoms with Gasteiger partial charge in [0.15, 0.2) is 0 Å². The van der Waals surface area contributed by atoms with Gasteiger partial charge in [-0.05, 0) is 6.42 Å². The van der Waals surface area contributed by atoms with Gasteiger partial charge in [0.05, 0.1) is 12.5 Å². The largest absolute Gasteiger partial charge is 0.480 e. The van der Waals surface area contributed by atoms with Crippen molar-refractivity contribution in [3.05, 3.63) is 0 Å². The molecule has 1 unspecified atom stereocenters. The first-order valence-corrected chi connectivity index (χ1v) is 4.94. The van der Waals surface area contributed by atoms with E-state index in [4.69, 9.17) is 21.3 Å². The summed E-state index contributed by atoms with van der Waals surface area (Å²) in [6.45, 7) is 0.280. The van der Waals surface area contributed by atoms with Crippen LogP contribution in [0.2, 0.25) is 0 Å². The number of rotatable bonds is 8. The van der Waals surface area contributed by atoms with Gasteiger partial charge in [-0.25, -0.2) is 4.79 Å². The third-order valence-electron chi connectivity index (χ3n) is 1.99. The van der Waals surface area contributed by atoms with Crippen molar-refractivity contribution in [1.29, 1.82) is 0 Å². The van der Waals surface area contributed by atoms with Crippen molar-refractivity contribution in [3.8, 4) is 0 Å². The van der Waals surface area contributed by atoms with Crippen molar-refractivity contribution >= 4 is 17.8 Å². The standard InChI is InChI=1S/C9H17N3O5/c1-17-3-2-5(10)8(14)12-6(9(15)16)4-7(11)13/h5-6H,2-4,10H2,1H3,(H2,11,13)(H,12,14)(H,15,16)/t5?,6-/m0/s1. The molecule has 98 valence electrons. The van der Waals surface area contributed by atoms with Crippen molar-refractivity contribution in [2.45, 2.75) is 24.9 Å². The maximum absolute atomic E-state index is 11.4. The molecule has 0 aromatic heterocycles. The topological polar surface area (TPSA) is 145 Å². The predicted molar refractivity (Wildman–Crippen MR) is 57.8 cm³/mol. The lowest BCUT2D eigenvalue weighted by molar-refractivity contribution is -0.143. The minimum Gasteiger partial charge on any atom is -0.480 e. The number of nitrogens with two attached hydrogens (primary N) is 2. The van der Waals surface area contributed by atoms with Crippen LogP contribution in [0.1, 0.15) is 12.8 Å². The Morgan fingerprint density at radius 2 is 2.00 bits per heavy atom. The lowest BCUT2D eigenvalue weighted by Crippen LogP contribution is -2.49. The number of hydrogen-bond donors (Lipinski definition) is 4. The number of carboxylic acids is 1. The fourth-order valence-electron chi connectivity index (χ4n) is 1.06. The maximum Gasteiger partial charge on any atom is 0.326 e. The first-order valence-electron chi connectivity index (χ1n) is 4.94. The molecule has 0 bridgehead atoms. The zero-order valence-electron chi connectivity index (χ0n) is 9.51. The summed E-state index contributed by atoms with van der Waals surface area (Å²) in [4.78, 5) is 32.8. The van der Waals surface area contributed by atoms with Crippen molar-refractivity contribution in [2.24, 2.45) is 11.5 Å². The van der Waals surface area contributed by atoms with Crippen molar-refractivity contribution in [2.75, 3.05) is 13.7 Å². The van der Waals surface area contributed by atoms with Crippen LogP contribution in [0.5, 0.6) is 0 Å². The molecule has 0 spiro atoms. The van der Waals surface area contributed by atoms with E-state index in [2.05, 4.69) is 5.32 Å². The molecule has 17 heavy (non-hydrogen) atoms. The number of carbonyl (C=O) groups is 3. The highest BCUT2D eigenvalue weighted by Gasteiger charge is 2.24. The fraction of sp³-hybridized carbons (Fsp3) is 0.667. The van der Waals surface area contributed by atoms with E-state index in [0.29, 0.717) is 0 Å². The molecule has 0 radical (unpaired) electrons. The molecule has 6 N–H and O–H groups in total. The number of methoxy groups -OCH3 is 1.